The normalized spacial score (nSPS) is 38.2. The second kappa shape index (κ2) is 10.2. The second-order valence-corrected chi connectivity index (χ2v) is 11.3. The maximum absolute atomic E-state index is 13.4. The van der Waals surface area contributed by atoms with Gasteiger partial charge in [-0.05, 0) is 38.3 Å². The van der Waals surface area contributed by atoms with Crippen molar-refractivity contribution in [2.45, 2.75) is 89.7 Å². The van der Waals surface area contributed by atoms with Gasteiger partial charge in [-0.2, -0.15) is 0 Å². The number of carbonyl (C=O) groups excluding carboxylic acids is 4. The molecule has 11 nitrogen and oxygen atoms in total. The summed E-state index contributed by atoms with van der Waals surface area (Å²) in [6, 6.07) is 8.07. The van der Waals surface area contributed by atoms with Crippen molar-refractivity contribution in [2.75, 3.05) is 6.61 Å². The van der Waals surface area contributed by atoms with Crippen LogP contribution in [-0.4, -0.2) is 82.4 Å². The maximum atomic E-state index is 13.4. The van der Waals surface area contributed by atoms with Crippen molar-refractivity contribution in [1.82, 2.24) is 0 Å². The van der Waals surface area contributed by atoms with E-state index < -0.39 is 89.5 Å². The molecule has 214 valence electrons. The highest BCUT2D eigenvalue weighted by Crippen LogP contribution is 2.67. The lowest BCUT2D eigenvalue weighted by Gasteiger charge is -2.64. The van der Waals surface area contributed by atoms with Gasteiger partial charge in [0.2, 0.25) is 0 Å². The minimum absolute atomic E-state index is 0.106. The van der Waals surface area contributed by atoms with Crippen LogP contribution in [0.2, 0.25) is 0 Å². The van der Waals surface area contributed by atoms with Crippen molar-refractivity contribution in [3.05, 3.63) is 35.9 Å². The SMILES string of the molecule is CC(=O)O[C@H]1C[C@H](C)[C@]23OC(C)(C)[C@H]([C@@H](O)[C@@H](OC(=O)c4ccccc4)[C@]2(CO)[C@H]1OC(C)=O)[C@H]3OC(C)=O. The van der Waals surface area contributed by atoms with Gasteiger partial charge in [-0.1, -0.05) is 25.1 Å². The van der Waals surface area contributed by atoms with E-state index in [1.54, 1.807) is 39.0 Å². The Balaban J connectivity index is 2.00. The molecule has 1 saturated heterocycles. The summed E-state index contributed by atoms with van der Waals surface area (Å²) in [6.07, 6.45) is -6.59. The lowest BCUT2D eigenvalue weighted by Crippen LogP contribution is -2.81. The van der Waals surface area contributed by atoms with Gasteiger partial charge in [-0.15, -0.1) is 0 Å². The molecule has 11 heteroatoms. The Morgan fingerprint density at radius 2 is 1.46 bits per heavy atom. The monoisotopic (exact) mass is 548 g/mol. The number of fused-ring (bicyclic) bond motifs is 1. The molecule has 2 aliphatic carbocycles. The Morgan fingerprint density at radius 1 is 0.897 bits per heavy atom. The average molecular weight is 549 g/mol. The van der Waals surface area contributed by atoms with Gasteiger partial charge in [0.15, 0.2) is 6.10 Å². The molecule has 1 aromatic rings. The zero-order valence-corrected chi connectivity index (χ0v) is 22.9. The van der Waals surface area contributed by atoms with Crippen LogP contribution >= 0.6 is 0 Å². The zero-order chi connectivity index (χ0) is 28.9. The maximum Gasteiger partial charge on any atom is 0.338 e. The standard InChI is InChI=1S/C28H36O11/c1-14-12-19(35-15(2)30)22(36-16(3)31)27(13-29)24(38-25(34)18-10-8-7-9-11-18)21(33)20-23(37-17(4)32)28(14,27)39-26(20,5)6/h7-11,14,19-24,29,33H,12-13H2,1-6H3/t14-,19-,20+,21+,22-,23+,24+,27-,28+/m0/s1. The first-order valence-corrected chi connectivity index (χ1v) is 13.0. The summed E-state index contributed by atoms with van der Waals surface area (Å²) in [6.45, 7) is 7.92. The highest BCUT2D eigenvalue weighted by atomic mass is 16.6. The lowest BCUT2D eigenvalue weighted by atomic mass is 9.47. The van der Waals surface area contributed by atoms with Crippen LogP contribution < -0.4 is 0 Å². The molecule has 1 aromatic carbocycles. The molecule has 1 spiro atoms. The van der Waals surface area contributed by atoms with Gasteiger partial charge in [-0.3, -0.25) is 14.4 Å². The molecule has 0 aromatic heterocycles. The topological polar surface area (TPSA) is 155 Å². The van der Waals surface area contributed by atoms with E-state index in [9.17, 15) is 29.4 Å². The zero-order valence-electron chi connectivity index (χ0n) is 22.9. The van der Waals surface area contributed by atoms with Gasteiger partial charge in [0.1, 0.15) is 35.4 Å². The summed E-state index contributed by atoms with van der Waals surface area (Å²) in [5, 5.41) is 23.2. The Labute approximate surface area is 226 Å². The fraction of sp³-hybridized carbons (Fsp3) is 0.643. The van der Waals surface area contributed by atoms with Crippen molar-refractivity contribution in [3.63, 3.8) is 0 Å². The molecule has 1 heterocycles. The van der Waals surface area contributed by atoms with Crippen LogP contribution in [0.3, 0.4) is 0 Å². The summed E-state index contributed by atoms with van der Waals surface area (Å²) in [5.74, 6) is -4.36. The van der Waals surface area contributed by atoms with Gasteiger partial charge in [0, 0.05) is 20.8 Å². The van der Waals surface area contributed by atoms with Crippen molar-refractivity contribution in [1.29, 1.82) is 0 Å². The average Bonchev–Trinajstić information content (AvgIpc) is 3.04. The molecule has 9 atom stereocenters. The number of rotatable bonds is 6. The summed E-state index contributed by atoms with van der Waals surface area (Å²) < 4.78 is 29.9. The fourth-order valence-corrected chi connectivity index (χ4v) is 7.32. The first kappa shape index (κ1) is 29.0. The quantitative estimate of drug-likeness (QED) is 0.393. The third-order valence-electron chi connectivity index (χ3n) is 8.47. The molecular weight excluding hydrogens is 512 g/mol. The van der Waals surface area contributed by atoms with E-state index in [-0.39, 0.29) is 12.0 Å². The molecule has 0 amide bonds. The Morgan fingerprint density at radius 3 is 2.00 bits per heavy atom. The smallest absolute Gasteiger partial charge is 0.338 e. The first-order valence-electron chi connectivity index (χ1n) is 13.0. The van der Waals surface area contributed by atoms with Gasteiger partial charge in [0.25, 0.3) is 0 Å². The third-order valence-corrected chi connectivity index (χ3v) is 8.47. The number of hydrogen-bond donors (Lipinski definition) is 2. The Bertz CT molecular complexity index is 1130. The number of aliphatic hydroxyl groups is 2. The molecule has 0 radical (unpaired) electrons. The largest absolute Gasteiger partial charge is 0.459 e. The van der Waals surface area contributed by atoms with E-state index in [0.717, 1.165) is 6.92 Å². The lowest BCUT2D eigenvalue weighted by molar-refractivity contribution is -0.328. The molecule has 2 saturated carbocycles. The van der Waals surface area contributed by atoms with Gasteiger partial charge < -0.3 is 33.9 Å². The van der Waals surface area contributed by atoms with Gasteiger partial charge >= 0.3 is 23.9 Å². The molecule has 3 aliphatic rings. The van der Waals surface area contributed by atoms with Crippen LogP contribution in [0.1, 0.15) is 58.3 Å². The van der Waals surface area contributed by atoms with E-state index in [1.807, 2.05) is 0 Å². The second-order valence-electron chi connectivity index (χ2n) is 11.3. The highest BCUT2D eigenvalue weighted by molar-refractivity contribution is 5.89. The van der Waals surface area contributed by atoms with Crippen LogP contribution in [0.25, 0.3) is 0 Å². The van der Waals surface area contributed by atoms with Crippen LogP contribution in [0, 0.1) is 17.3 Å². The summed E-state index contributed by atoms with van der Waals surface area (Å²) >= 11 is 0. The van der Waals surface area contributed by atoms with E-state index in [2.05, 4.69) is 0 Å². The molecule has 2 bridgehead atoms. The predicted molar refractivity (Wildman–Crippen MR) is 133 cm³/mol. The van der Waals surface area contributed by atoms with Crippen molar-refractivity contribution in [2.24, 2.45) is 17.3 Å². The van der Waals surface area contributed by atoms with Crippen LogP contribution in [0.4, 0.5) is 0 Å². The van der Waals surface area contributed by atoms with E-state index >= 15 is 0 Å². The van der Waals surface area contributed by atoms with E-state index in [4.69, 9.17) is 23.7 Å². The molecule has 3 fully saturated rings. The number of benzene rings is 1. The molecule has 0 unspecified atom stereocenters. The van der Waals surface area contributed by atoms with Crippen LogP contribution in [0.15, 0.2) is 30.3 Å². The summed E-state index contributed by atoms with van der Waals surface area (Å²) in [4.78, 5) is 50.3. The van der Waals surface area contributed by atoms with E-state index in [0.29, 0.717) is 0 Å². The summed E-state index contributed by atoms with van der Waals surface area (Å²) in [5.41, 5.74) is -4.48. The van der Waals surface area contributed by atoms with Gasteiger partial charge in [-0.25, -0.2) is 4.79 Å². The Kier molecular flexibility index (Phi) is 7.57. The Hall–Kier alpha value is -3.02. The van der Waals surface area contributed by atoms with Crippen LogP contribution in [0.5, 0.6) is 0 Å². The highest BCUT2D eigenvalue weighted by Gasteiger charge is 2.84. The molecule has 1 aliphatic heterocycles. The number of esters is 4. The minimum atomic E-state index is -1.91. The molecule has 2 N–H and O–H groups in total. The van der Waals surface area contributed by atoms with Crippen LogP contribution in [-0.2, 0) is 38.1 Å². The van der Waals surface area contributed by atoms with Crippen molar-refractivity contribution in [3.8, 4) is 0 Å². The third kappa shape index (κ3) is 4.40. The summed E-state index contributed by atoms with van der Waals surface area (Å²) in [7, 11) is 0. The molecule has 39 heavy (non-hydrogen) atoms. The number of ether oxygens (including phenoxy) is 5. The van der Waals surface area contributed by atoms with Crippen molar-refractivity contribution < 1.29 is 53.1 Å². The predicted octanol–water partition coefficient (Wildman–Crippen LogP) is 1.56. The van der Waals surface area contributed by atoms with E-state index in [1.165, 1.54) is 26.0 Å². The van der Waals surface area contributed by atoms with Crippen molar-refractivity contribution >= 4 is 23.9 Å². The molecule has 4 rings (SSSR count). The molecular formula is C28H36O11. The number of hydrogen-bond acceptors (Lipinski definition) is 11. The first-order chi connectivity index (χ1) is 18.2. The number of aliphatic hydroxyl groups excluding tert-OH is 2. The van der Waals surface area contributed by atoms with Gasteiger partial charge in [0.05, 0.1) is 23.7 Å². The number of carbonyl (C=O) groups is 4. The minimum Gasteiger partial charge on any atom is -0.459 e. The fourth-order valence-electron chi connectivity index (χ4n) is 7.32.